The van der Waals surface area contributed by atoms with Crippen LogP contribution in [0.3, 0.4) is 0 Å². The van der Waals surface area contributed by atoms with Gasteiger partial charge in [-0.25, -0.2) is 4.79 Å². The third-order valence-electron chi connectivity index (χ3n) is 5.01. The summed E-state index contributed by atoms with van der Waals surface area (Å²) in [7, 11) is 0. The van der Waals surface area contributed by atoms with Gasteiger partial charge in [0.05, 0.1) is 0 Å². The van der Waals surface area contributed by atoms with Gasteiger partial charge in [0.2, 0.25) is 0 Å². The molecule has 2 amide bonds. The molecule has 5 heteroatoms. The van der Waals surface area contributed by atoms with E-state index in [2.05, 4.69) is 10.2 Å². The number of hydrogen-bond acceptors (Lipinski definition) is 3. The molecule has 1 aromatic rings. The van der Waals surface area contributed by atoms with Gasteiger partial charge in [-0.1, -0.05) is 37.5 Å². The van der Waals surface area contributed by atoms with Crippen molar-refractivity contribution in [3.8, 4) is 5.75 Å². The molecule has 1 aliphatic carbocycles. The second kappa shape index (κ2) is 8.92. The van der Waals surface area contributed by atoms with Crippen LogP contribution in [0, 0.1) is 0 Å². The van der Waals surface area contributed by atoms with E-state index in [0.29, 0.717) is 12.6 Å². The van der Waals surface area contributed by atoms with Crippen molar-refractivity contribution in [2.75, 3.05) is 39.3 Å². The molecule has 1 aromatic carbocycles. The van der Waals surface area contributed by atoms with E-state index in [1.165, 1.54) is 19.3 Å². The molecule has 5 nitrogen and oxygen atoms in total. The zero-order valence-corrected chi connectivity index (χ0v) is 14.5. The largest absolute Gasteiger partial charge is 0.492 e. The molecule has 3 rings (SSSR count). The minimum absolute atomic E-state index is 0.127. The summed E-state index contributed by atoms with van der Waals surface area (Å²) in [5.74, 6) is 0.919. The van der Waals surface area contributed by atoms with Crippen molar-refractivity contribution in [1.29, 1.82) is 0 Å². The van der Waals surface area contributed by atoms with Crippen LogP contribution in [0.1, 0.15) is 32.1 Å². The summed E-state index contributed by atoms with van der Waals surface area (Å²) >= 11 is 0. The number of carbonyl (C=O) groups excluding carboxylic acids is 1. The minimum Gasteiger partial charge on any atom is -0.492 e. The Morgan fingerprint density at radius 3 is 2.46 bits per heavy atom. The zero-order valence-electron chi connectivity index (χ0n) is 14.5. The molecule has 0 aromatic heterocycles. The molecular formula is C19H29N3O2. The molecule has 2 fully saturated rings. The summed E-state index contributed by atoms with van der Waals surface area (Å²) in [6, 6.07) is 10.4. The number of para-hydroxylation sites is 1. The fraction of sp³-hybridized carbons (Fsp3) is 0.632. The quantitative estimate of drug-likeness (QED) is 0.902. The van der Waals surface area contributed by atoms with Crippen LogP contribution in [0.25, 0.3) is 0 Å². The van der Waals surface area contributed by atoms with Gasteiger partial charge in [0.15, 0.2) is 0 Å². The predicted octanol–water partition coefficient (Wildman–Crippen LogP) is 2.73. The Bertz CT molecular complexity index is 495. The summed E-state index contributed by atoms with van der Waals surface area (Å²) in [6.45, 7) is 5.07. The van der Waals surface area contributed by atoms with Crippen LogP contribution in [0.5, 0.6) is 5.75 Å². The normalized spacial score (nSPS) is 19.9. The summed E-state index contributed by atoms with van der Waals surface area (Å²) in [6.07, 6.45) is 6.10. The van der Waals surface area contributed by atoms with E-state index in [9.17, 15) is 4.79 Å². The Hall–Kier alpha value is -1.75. The van der Waals surface area contributed by atoms with E-state index in [0.717, 1.165) is 51.3 Å². The van der Waals surface area contributed by atoms with Crippen molar-refractivity contribution in [2.24, 2.45) is 0 Å². The van der Waals surface area contributed by atoms with Crippen molar-refractivity contribution >= 4 is 6.03 Å². The molecule has 1 N–H and O–H groups in total. The maximum absolute atomic E-state index is 12.3. The van der Waals surface area contributed by atoms with Gasteiger partial charge in [-0.3, -0.25) is 4.90 Å². The average molecular weight is 331 g/mol. The molecule has 1 aliphatic heterocycles. The highest BCUT2D eigenvalue weighted by atomic mass is 16.5. The van der Waals surface area contributed by atoms with Gasteiger partial charge in [-0.2, -0.15) is 0 Å². The van der Waals surface area contributed by atoms with Gasteiger partial charge in [0, 0.05) is 38.8 Å². The zero-order chi connectivity index (χ0) is 16.6. The number of ether oxygens (including phenoxy) is 1. The number of piperazine rings is 1. The van der Waals surface area contributed by atoms with Crippen LogP contribution in [-0.2, 0) is 0 Å². The van der Waals surface area contributed by atoms with Gasteiger partial charge >= 0.3 is 6.03 Å². The second-order valence-electron chi connectivity index (χ2n) is 6.77. The highest BCUT2D eigenvalue weighted by Gasteiger charge is 2.23. The number of nitrogens with zero attached hydrogens (tertiary/aromatic N) is 2. The number of nitrogens with one attached hydrogen (secondary N) is 1. The lowest BCUT2D eigenvalue weighted by Crippen LogP contribution is -2.54. The van der Waals surface area contributed by atoms with E-state index in [4.69, 9.17) is 4.74 Å². The Morgan fingerprint density at radius 1 is 1.04 bits per heavy atom. The first kappa shape index (κ1) is 17.1. The number of rotatable bonds is 5. The van der Waals surface area contributed by atoms with Crippen LogP contribution in [0.4, 0.5) is 4.79 Å². The van der Waals surface area contributed by atoms with Crippen molar-refractivity contribution in [3.05, 3.63) is 30.3 Å². The summed E-state index contributed by atoms with van der Waals surface area (Å²) in [5.41, 5.74) is 0. The van der Waals surface area contributed by atoms with Crippen molar-refractivity contribution in [3.63, 3.8) is 0 Å². The molecule has 1 heterocycles. The lowest BCUT2D eigenvalue weighted by atomic mass is 9.96. The molecule has 2 aliphatic rings. The first-order chi connectivity index (χ1) is 11.8. The Labute approximate surface area is 145 Å². The SMILES string of the molecule is O=C(NC1CCCCC1)N1CCN(CCOc2ccccc2)CC1. The van der Waals surface area contributed by atoms with Crippen LogP contribution in [-0.4, -0.2) is 61.2 Å². The second-order valence-corrected chi connectivity index (χ2v) is 6.77. The van der Waals surface area contributed by atoms with Gasteiger partial charge in [-0.15, -0.1) is 0 Å². The van der Waals surface area contributed by atoms with E-state index in [1.54, 1.807) is 0 Å². The van der Waals surface area contributed by atoms with E-state index in [-0.39, 0.29) is 6.03 Å². The minimum atomic E-state index is 0.127. The Kier molecular flexibility index (Phi) is 6.35. The third kappa shape index (κ3) is 5.13. The lowest BCUT2D eigenvalue weighted by molar-refractivity contribution is 0.123. The first-order valence-electron chi connectivity index (χ1n) is 9.27. The molecule has 0 unspecified atom stereocenters. The highest BCUT2D eigenvalue weighted by Crippen LogP contribution is 2.17. The number of benzene rings is 1. The van der Waals surface area contributed by atoms with Crippen molar-refractivity contribution in [1.82, 2.24) is 15.1 Å². The van der Waals surface area contributed by atoms with Gasteiger partial charge in [0.1, 0.15) is 12.4 Å². The molecule has 0 radical (unpaired) electrons. The molecule has 0 spiro atoms. The standard InChI is InChI=1S/C19H29N3O2/c23-19(20-17-7-3-1-4-8-17)22-13-11-21(12-14-22)15-16-24-18-9-5-2-6-10-18/h2,5-6,9-10,17H,1,3-4,7-8,11-16H2,(H,20,23). The summed E-state index contributed by atoms with van der Waals surface area (Å²) in [4.78, 5) is 16.7. The van der Waals surface area contributed by atoms with Crippen molar-refractivity contribution < 1.29 is 9.53 Å². The van der Waals surface area contributed by atoms with Crippen LogP contribution in [0.2, 0.25) is 0 Å². The molecule has 132 valence electrons. The maximum atomic E-state index is 12.3. The monoisotopic (exact) mass is 331 g/mol. The van der Waals surface area contributed by atoms with Crippen LogP contribution in [0.15, 0.2) is 30.3 Å². The van der Waals surface area contributed by atoms with E-state index >= 15 is 0 Å². The fourth-order valence-electron chi connectivity index (χ4n) is 3.50. The van der Waals surface area contributed by atoms with Crippen LogP contribution < -0.4 is 10.1 Å². The molecular weight excluding hydrogens is 302 g/mol. The molecule has 24 heavy (non-hydrogen) atoms. The Morgan fingerprint density at radius 2 is 1.75 bits per heavy atom. The number of carbonyl (C=O) groups is 1. The highest BCUT2D eigenvalue weighted by molar-refractivity contribution is 5.74. The molecule has 0 atom stereocenters. The van der Waals surface area contributed by atoms with Gasteiger partial charge in [0.25, 0.3) is 0 Å². The van der Waals surface area contributed by atoms with E-state index in [1.807, 2.05) is 35.2 Å². The first-order valence-corrected chi connectivity index (χ1v) is 9.27. The molecule has 0 bridgehead atoms. The van der Waals surface area contributed by atoms with Gasteiger partial charge < -0.3 is 15.0 Å². The molecule has 1 saturated carbocycles. The summed E-state index contributed by atoms with van der Waals surface area (Å²) in [5, 5.41) is 3.21. The lowest BCUT2D eigenvalue weighted by Gasteiger charge is -2.35. The molecule has 1 saturated heterocycles. The fourth-order valence-corrected chi connectivity index (χ4v) is 3.50. The van der Waals surface area contributed by atoms with E-state index < -0.39 is 0 Å². The predicted molar refractivity (Wildman–Crippen MR) is 95.4 cm³/mol. The van der Waals surface area contributed by atoms with Gasteiger partial charge in [-0.05, 0) is 25.0 Å². The maximum Gasteiger partial charge on any atom is 0.317 e. The Balaban J connectivity index is 1.32. The smallest absolute Gasteiger partial charge is 0.317 e. The van der Waals surface area contributed by atoms with Crippen molar-refractivity contribution in [2.45, 2.75) is 38.1 Å². The topological polar surface area (TPSA) is 44.8 Å². The average Bonchev–Trinajstić information content (AvgIpc) is 2.64. The number of hydrogen-bond donors (Lipinski definition) is 1. The van der Waals surface area contributed by atoms with Crippen LogP contribution >= 0.6 is 0 Å². The third-order valence-corrected chi connectivity index (χ3v) is 5.01. The summed E-state index contributed by atoms with van der Waals surface area (Å²) < 4.78 is 5.75. The number of urea groups is 1. The number of amides is 2.